The normalized spacial score (nSPS) is 10.5. The molecule has 106 valence electrons. The number of carbonyl (C=O) groups excluding carboxylic acids is 1. The standard InChI is InChI=1S/C14H12N4O2S/c1-20-13(19)7-10-9-21-14(16-10)12-8-15-18(17-12)11-5-3-2-4-6-11/h2-6,8-9H,7H2,1H3. The molecule has 0 N–H and O–H groups in total. The number of aromatic nitrogens is 4. The highest BCUT2D eigenvalue weighted by atomic mass is 32.1. The first kappa shape index (κ1) is 13.4. The van der Waals surface area contributed by atoms with Crippen LogP contribution in [-0.4, -0.2) is 33.1 Å². The third-order valence-corrected chi connectivity index (χ3v) is 3.72. The molecule has 0 atom stereocenters. The lowest BCUT2D eigenvalue weighted by Crippen LogP contribution is -2.04. The Hall–Kier alpha value is -2.54. The fraction of sp³-hybridized carbons (Fsp3) is 0.143. The maximum absolute atomic E-state index is 11.2. The van der Waals surface area contributed by atoms with Crippen molar-refractivity contribution in [2.24, 2.45) is 0 Å². The number of hydrogen-bond donors (Lipinski definition) is 0. The minimum atomic E-state index is -0.306. The third kappa shape index (κ3) is 2.97. The van der Waals surface area contributed by atoms with Gasteiger partial charge in [-0.1, -0.05) is 18.2 Å². The van der Waals surface area contributed by atoms with Crippen molar-refractivity contribution in [3.8, 4) is 16.4 Å². The lowest BCUT2D eigenvalue weighted by atomic mass is 10.3. The first-order chi connectivity index (χ1) is 10.3. The fourth-order valence-electron chi connectivity index (χ4n) is 1.77. The van der Waals surface area contributed by atoms with E-state index in [1.807, 2.05) is 35.7 Å². The van der Waals surface area contributed by atoms with E-state index in [1.54, 1.807) is 11.0 Å². The summed E-state index contributed by atoms with van der Waals surface area (Å²) in [4.78, 5) is 17.2. The maximum Gasteiger partial charge on any atom is 0.311 e. The van der Waals surface area contributed by atoms with Crippen molar-refractivity contribution in [1.29, 1.82) is 0 Å². The molecular formula is C14H12N4O2S. The van der Waals surface area contributed by atoms with Crippen LogP contribution in [0.1, 0.15) is 5.69 Å². The molecule has 0 saturated heterocycles. The van der Waals surface area contributed by atoms with Crippen molar-refractivity contribution < 1.29 is 9.53 Å². The molecule has 0 aliphatic rings. The van der Waals surface area contributed by atoms with E-state index in [2.05, 4.69) is 19.9 Å². The zero-order chi connectivity index (χ0) is 14.7. The second-order valence-corrected chi connectivity index (χ2v) is 5.11. The van der Waals surface area contributed by atoms with Gasteiger partial charge < -0.3 is 4.74 Å². The molecule has 1 aromatic carbocycles. The van der Waals surface area contributed by atoms with Crippen LogP contribution in [0.3, 0.4) is 0 Å². The topological polar surface area (TPSA) is 69.9 Å². The van der Waals surface area contributed by atoms with Crippen LogP contribution >= 0.6 is 11.3 Å². The highest BCUT2D eigenvalue weighted by molar-refractivity contribution is 7.13. The van der Waals surface area contributed by atoms with Gasteiger partial charge in [0, 0.05) is 5.38 Å². The number of methoxy groups -OCH3 is 1. The average Bonchev–Trinajstić information content (AvgIpc) is 3.17. The highest BCUT2D eigenvalue weighted by Crippen LogP contribution is 2.22. The van der Waals surface area contributed by atoms with Gasteiger partial charge in [-0.3, -0.25) is 4.79 Å². The number of rotatable bonds is 4. The van der Waals surface area contributed by atoms with Gasteiger partial charge in [-0.25, -0.2) is 4.98 Å². The van der Waals surface area contributed by atoms with E-state index in [-0.39, 0.29) is 12.4 Å². The summed E-state index contributed by atoms with van der Waals surface area (Å²) in [6.45, 7) is 0. The van der Waals surface area contributed by atoms with E-state index < -0.39 is 0 Å². The monoisotopic (exact) mass is 300 g/mol. The summed E-state index contributed by atoms with van der Waals surface area (Å²) in [5.74, 6) is -0.306. The Morgan fingerprint density at radius 3 is 2.90 bits per heavy atom. The van der Waals surface area contributed by atoms with E-state index in [1.165, 1.54) is 18.4 Å². The Balaban J connectivity index is 1.82. The molecular weight excluding hydrogens is 288 g/mol. The van der Waals surface area contributed by atoms with E-state index in [4.69, 9.17) is 0 Å². The van der Waals surface area contributed by atoms with Crippen LogP contribution in [0.4, 0.5) is 0 Å². The summed E-state index contributed by atoms with van der Waals surface area (Å²) >= 11 is 1.43. The molecule has 0 fully saturated rings. The fourth-order valence-corrected chi connectivity index (χ4v) is 2.54. The van der Waals surface area contributed by atoms with E-state index >= 15 is 0 Å². The number of carbonyl (C=O) groups is 1. The number of benzene rings is 1. The van der Waals surface area contributed by atoms with Crippen LogP contribution < -0.4 is 0 Å². The van der Waals surface area contributed by atoms with E-state index in [0.717, 1.165) is 10.7 Å². The molecule has 2 heterocycles. The van der Waals surface area contributed by atoms with Gasteiger partial charge in [-0.2, -0.15) is 9.90 Å². The second kappa shape index (κ2) is 5.84. The number of thiazole rings is 1. The lowest BCUT2D eigenvalue weighted by Gasteiger charge is -1.96. The minimum Gasteiger partial charge on any atom is -0.469 e. The predicted molar refractivity (Wildman–Crippen MR) is 78.2 cm³/mol. The first-order valence-corrected chi connectivity index (χ1v) is 7.13. The van der Waals surface area contributed by atoms with Crippen molar-refractivity contribution in [2.75, 3.05) is 7.11 Å². The molecule has 0 bridgehead atoms. The maximum atomic E-state index is 11.2. The predicted octanol–water partition coefficient (Wildman–Crippen LogP) is 2.11. The van der Waals surface area contributed by atoms with Crippen molar-refractivity contribution in [3.63, 3.8) is 0 Å². The van der Waals surface area contributed by atoms with Crippen molar-refractivity contribution in [2.45, 2.75) is 6.42 Å². The number of hydrogen-bond acceptors (Lipinski definition) is 6. The number of nitrogens with zero attached hydrogens (tertiary/aromatic N) is 4. The van der Waals surface area contributed by atoms with Gasteiger partial charge in [0.05, 0.1) is 31.1 Å². The Kier molecular flexibility index (Phi) is 3.74. The lowest BCUT2D eigenvalue weighted by molar-refractivity contribution is -0.139. The van der Waals surface area contributed by atoms with Gasteiger partial charge in [-0.15, -0.1) is 16.4 Å². The van der Waals surface area contributed by atoms with Crippen molar-refractivity contribution in [3.05, 3.63) is 47.6 Å². The molecule has 0 aliphatic heterocycles. The van der Waals surface area contributed by atoms with Gasteiger partial charge in [0.25, 0.3) is 0 Å². The Bertz CT molecular complexity index is 751. The summed E-state index contributed by atoms with van der Waals surface area (Å²) in [6, 6.07) is 9.64. The highest BCUT2D eigenvalue weighted by Gasteiger charge is 2.12. The third-order valence-electron chi connectivity index (χ3n) is 2.80. The molecule has 6 nitrogen and oxygen atoms in total. The van der Waals surface area contributed by atoms with Crippen molar-refractivity contribution in [1.82, 2.24) is 20.0 Å². The largest absolute Gasteiger partial charge is 0.469 e. The van der Waals surface area contributed by atoms with Gasteiger partial charge in [-0.05, 0) is 12.1 Å². The first-order valence-electron chi connectivity index (χ1n) is 6.25. The van der Waals surface area contributed by atoms with E-state index in [0.29, 0.717) is 11.4 Å². The minimum absolute atomic E-state index is 0.166. The Morgan fingerprint density at radius 2 is 2.14 bits per heavy atom. The summed E-state index contributed by atoms with van der Waals surface area (Å²) in [5, 5.41) is 11.2. The van der Waals surface area contributed by atoms with Crippen LogP contribution in [0.5, 0.6) is 0 Å². The van der Waals surface area contributed by atoms with Gasteiger partial charge in [0.15, 0.2) is 0 Å². The zero-order valence-electron chi connectivity index (χ0n) is 11.3. The molecule has 0 aliphatic carbocycles. The van der Waals surface area contributed by atoms with E-state index in [9.17, 15) is 4.79 Å². The molecule has 0 saturated carbocycles. The van der Waals surface area contributed by atoms with Gasteiger partial charge in [0.1, 0.15) is 10.7 Å². The smallest absolute Gasteiger partial charge is 0.311 e. The summed E-state index contributed by atoms with van der Waals surface area (Å²) in [7, 11) is 1.36. The molecule has 2 aromatic heterocycles. The van der Waals surface area contributed by atoms with Crippen LogP contribution in [0.25, 0.3) is 16.4 Å². The molecule has 0 unspecified atom stereocenters. The second-order valence-electron chi connectivity index (χ2n) is 4.25. The molecule has 3 aromatic rings. The SMILES string of the molecule is COC(=O)Cc1csc(-c2cnn(-c3ccccc3)n2)n1. The molecule has 0 radical (unpaired) electrons. The zero-order valence-corrected chi connectivity index (χ0v) is 12.1. The number of ether oxygens (including phenoxy) is 1. The Labute approximate surface area is 125 Å². The van der Waals surface area contributed by atoms with Crippen molar-refractivity contribution >= 4 is 17.3 Å². The van der Waals surface area contributed by atoms with Crippen LogP contribution in [0.15, 0.2) is 41.9 Å². The number of para-hydroxylation sites is 1. The summed E-state index contributed by atoms with van der Waals surface area (Å²) in [6.07, 6.45) is 1.83. The summed E-state index contributed by atoms with van der Waals surface area (Å²) < 4.78 is 4.62. The number of esters is 1. The van der Waals surface area contributed by atoms with Gasteiger partial charge in [0.2, 0.25) is 0 Å². The molecule has 7 heteroatoms. The van der Waals surface area contributed by atoms with Gasteiger partial charge >= 0.3 is 5.97 Å². The Morgan fingerprint density at radius 1 is 1.33 bits per heavy atom. The quantitative estimate of drug-likeness (QED) is 0.690. The van der Waals surface area contributed by atoms with Crippen LogP contribution in [0, 0.1) is 0 Å². The molecule has 21 heavy (non-hydrogen) atoms. The average molecular weight is 300 g/mol. The molecule has 0 spiro atoms. The van der Waals surface area contributed by atoms with Crippen LogP contribution in [0.2, 0.25) is 0 Å². The molecule has 0 amide bonds. The van der Waals surface area contributed by atoms with Crippen LogP contribution in [-0.2, 0) is 16.0 Å². The summed E-state index contributed by atoms with van der Waals surface area (Å²) in [5.41, 5.74) is 2.24. The molecule has 3 rings (SSSR count).